The number of benzene rings is 2. The van der Waals surface area contributed by atoms with E-state index in [1.165, 1.54) is 24.1 Å². The fourth-order valence-electron chi connectivity index (χ4n) is 3.14. The van der Waals surface area contributed by atoms with Crippen LogP contribution in [0.1, 0.15) is 19.4 Å². The van der Waals surface area contributed by atoms with Gasteiger partial charge in [-0.3, -0.25) is 13.9 Å². The summed E-state index contributed by atoms with van der Waals surface area (Å²) in [7, 11) is -2.48. The van der Waals surface area contributed by atoms with Gasteiger partial charge in [0.1, 0.15) is 18.3 Å². The average molecular weight is 482 g/mol. The van der Waals surface area contributed by atoms with Crippen molar-refractivity contribution in [3.63, 3.8) is 0 Å². The van der Waals surface area contributed by atoms with E-state index in [-0.39, 0.29) is 23.9 Å². The number of sulfonamides is 1. The first-order valence-electron chi connectivity index (χ1n) is 10.0. The first-order valence-corrected chi connectivity index (χ1v) is 12.2. The molecule has 0 aliphatic rings. The highest BCUT2D eigenvalue weighted by molar-refractivity contribution is 7.92. The highest BCUT2D eigenvalue weighted by Crippen LogP contribution is 2.33. The Bertz CT molecular complexity index is 1050. The highest BCUT2D eigenvalue weighted by atomic mass is 35.5. The summed E-state index contributed by atoms with van der Waals surface area (Å²) in [6.07, 6.45) is 0.995. The van der Waals surface area contributed by atoms with Gasteiger partial charge in [0.15, 0.2) is 0 Å². The van der Waals surface area contributed by atoms with Crippen molar-refractivity contribution >= 4 is 39.1 Å². The number of hydrogen-bond donors (Lipinski definition) is 1. The van der Waals surface area contributed by atoms with Crippen molar-refractivity contribution < 1.29 is 22.7 Å². The maximum atomic E-state index is 13.4. The lowest BCUT2D eigenvalue weighted by atomic mass is 10.1. The molecule has 0 unspecified atom stereocenters. The molecule has 32 heavy (non-hydrogen) atoms. The summed E-state index contributed by atoms with van der Waals surface area (Å²) in [6.45, 7) is 3.42. The van der Waals surface area contributed by atoms with Crippen LogP contribution >= 0.6 is 11.6 Å². The van der Waals surface area contributed by atoms with Crippen LogP contribution in [-0.4, -0.2) is 57.6 Å². The third-order valence-electron chi connectivity index (χ3n) is 4.80. The molecule has 0 aliphatic heterocycles. The molecule has 0 aliphatic carbocycles. The number of carbonyl (C=O) groups excluding carboxylic acids is 2. The minimum Gasteiger partial charge on any atom is -0.495 e. The van der Waals surface area contributed by atoms with Gasteiger partial charge in [0.05, 0.1) is 19.1 Å². The number of rotatable bonds is 10. The smallest absolute Gasteiger partial charge is 0.244 e. The Morgan fingerprint density at radius 3 is 2.38 bits per heavy atom. The quantitative estimate of drug-likeness (QED) is 0.562. The molecule has 0 heterocycles. The van der Waals surface area contributed by atoms with E-state index in [9.17, 15) is 18.0 Å². The van der Waals surface area contributed by atoms with Gasteiger partial charge in [0.25, 0.3) is 0 Å². The zero-order valence-corrected chi connectivity index (χ0v) is 20.1. The molecule has 2 rings (SSSR count). The van der Waals surface area contributed by atoms with E-state index >= 15 is 0 Å². The fraction of sp³-hybridized carbons (Fsp3) is 0.364. The van der Waals surface area contributed by atoms with Gasteiger partial charge in [-0.05, 0) is 37.6 Å². The molecule has 1 N–H and O–H groups in total. The molecule has 2 amide bonds. The number of hydrogen-bond acceptors (Lipinski definition) is 5. The van der Waals surface area contributed by atoms with E-state index in [0.717, 1.165) is 16.1 Å². The topological polar surface area (TPSA) is 96.0 Å². The molecular weight excluding hydrogens is 454 g/mol. The van der Waals surface area contributed by atoms with Crippen LogP contribution in [0.3, 0.4) is 0 Å². The molecule has 1 atom stereocenters. The van der Waals surface area contributed by atoms with Gasteiger partial charge in [-0.15, -0.1) is 0 Å². The molecule has 0 fully saturated rings. The number of ether oxygens (including phenoxy) is 1. The van der Waals surface area contributed by atoms with Gasteiger partial charge >= 0.3 is 0 Å². The molecule has 0 saturated carbocycles. The molecule has 0 spiro atoms. The van der Waals surface area contributed by atoms with Crippen molar-refractivity contribution in [2.75, 3.05) is 30.8 Å². The lowest BCUT2D eigenvalue weighted by Crippen LogP contribution is -2.51. The minimum atomic E-state index is -3.88. The standard InChI is InChI=1S/C22H28ClN3O5S/c1-5-24-22(28)16(2)25(14-17-9-7-6-8-10-17)21(27)15-26(32(4,29)30)19-13-18(23)11-12-20(19)31-3/h6-13,16H,5,14-15H2,1-4H3,(H,24,28)/t16-/m1/s1. The molecule has 0 radical (unpaired) electrons. The predicted molar refractivity (Wildman–Crippen MR) is 125 cm³/mol. The largest absolute Gasteiger partial charge is 0.495 e. The van der Waals surface area contributed by atoms with Gasteiger partial charge in [0.2, 0.25) is 21.8 Å². The number of nitrogens with zero attached hydrogens (tertiary/aromatic N) is 2. The molecule has 2 aromatic carbocycles. The van der Waals surface area contributed by atoms with E-state index in [1.54, 1.807) is 19.9 Å². The predicted octanol–water partition coefficient (Wildman–Crippen LogP) is 2.67. The normalized spacial score (nSPS) is 12.0. The Labute approximate surface area is 194 Å². The van der Waals surface area contributed by atoms with Crippen LogP contribution in [0, 0.1) is 0 Å². The summed E-state index contributed by atoms with van der Waals surface area (Å²) in [4.78, 5) is 27.2. The van der Waals surface area contributed by atoms with E-state index < -0.39 is 28.5 Å². The molecule has 0 saturated heterocycles. The first kappa shape index (κ1) is 25.5. The molecule has 10 heteroatoms. The summed E-state index contributed by atoms with van der Waals surface area (Å²) in [5, 5.41) is 3.00. The Morgan fingerprint density at radius 1 is 1.16 bits per heavy atom. The monoisotopic (exact) mass is 481 g/mol. The van der Waals surface area contributed by atoms with Crippen LogP contribution in [0.25, 0.3) is 0 Å². The summed E-state index contributed by atoms with van der Waals surface area (Å²) >= 11 is 6.08. The van der Waals surface area contributed by atoms with Crippen LogP contribution in [0.2, 0.25) is 5.02 Å². The number of nitrogens with one attached hydrogen (secondary N) is 1. The highest BCUT2D eigenvalue weighted by Gasteiger charge is 2.31. The Morgan fingerprint density at radius 2 is 1.81 bits per heavy atom. The van der Waals surface area contributed by atoms with Crippen LogP contribution in [0.5, 0.6) is 5.75 Å². The third-order valence-corrected chi connectivity index (χ3v) is 6.16. The summed E-state index contributed by atoms with van der Waals surface area (Å²) in [6, 6.07) is 12.9. The molecule has 0 bridgehead atoms. The fourth-order valence-corrected chi connectivity index (χ4v) is 4.15. The van der Waals surface area contributed by atoms with Crippen molar-refractivity contribution in [2.45, 2.75) is 26.4 Å². The second-order valence-corrected chi connectivity index (χ2v) is 9.51. The zero-order chi connectivity index (χ0) is 23.9. The van der Waals surface area contributed by atoms with E-state index in [4.69, 9.17) is 16.3 Å². The second-order valence-electron chi connectivity index (χ2n) is 7.16. The number of likely N-dealkylation sites (N-methyl/N-ethyl adjacent to an activating group) is 1. The molecule has 0 aromatic heterocycles. The summed E-state index contributed by atoms with van der Waals surface area (Å²) in [5.41, 5.74) is 0.949. The van der Waals surface area contributed by atoms with Crippen LogP contribution in [-0.2, 0) is 26.2 Å². The maximum absolute atomic E-state index is 13.4. The van der Waals surface area contributed by atoms with Gasteiger partial charge in [0, 0.05) is 18.1 Å². The van der Waals surface area contributed by atoms with E-state index in [1.807, 2.05) is 30.3 Å². The SMILES string of the molecule is CCNC(=O)[C@@H](C)N(Cc1ccccc1)C(=O)CN(c1cc(Cl)ccc1OC)S(C)(=O)=O. The van der Waals surface area contributed by atoms with Crippen molar-refractivity contribution in [3.05, 3.63) is 59.1 Å². The minimum absolute atomic E-state index is 0.140. The average Bonchev–Trinajstić information content (AvgIpc) is 2.75. The maximum Gasteiger partial charge on any atom is 0.244 e. The lowest BCUT2D eigenvalue weighted by Gasteiger charge is -2.31. The van der Waals surface area contributed by atoms with Gasteiger partial charge in [-0.1, -0.05) is 41.9 Å². The molecule has 174 valence electrons. The number of anilines is 1. The van der Waals surface area contributed by atoms with Crippen LogP contribution < -0.4 is 14.4 Å². The Balaban J connectivity index is 2.44. The first-order chi connectivity index (χ1) is 15.1. The lowest BCUT2D eigenvalue weighted by molar-refractivity contribution is -0.139. The Kier molecular flexibility index (Phi) is 8.91. The van der Waals surface area contributed by atoms with Crippen LogP contribution in [0.15, 0.2) is 48.5 Å². The van der Waals surface area contributed by atoms with Gasteiger partial charge in [-0.25, -0.2) is 8.42 Å². The van der Waals surface area contributed by atoms with Crippen molar-refractivity contribution in [3.8, 4) is 5.75 Å². The molecular formula is C22H28ClN3O5S. The number of amides is 2. The number of halogens is 1. The van der Waals surface area contributed by atoms with Gasteiger partial charge < -0.3 is 15.0 Å². The Hall–Kier alpha value is -2.78. The molecule has 2 aromatic rings. The van der Waals surface area contributed by atoms with Crippen molar-refractivity contribution in [1.29, 1.82) is 0 Å². The van der Waals surface area contributed by atoms with E-state index in [0.29, 0.717) is 11.6 Å². The summed E-state index contributed by atoms with van der Waals surface area (Å²) < 4.78 is 31.4. The number of carbonyl (C=O) groups is 2. The van der Waals surface area contributed by atoms with E-state index in [2.05, 4.69) is 5.32 Å². The second kappa shape index (κ2) is 11.2. The zero-order valence-electron chi connectivity index (χ0n) is 18.5. The van der Waals surface area contributed by atoms with Crippen molar-refractivity contribution in [1.82, 2.24) is 10.2 Å². The van der Waals surface area contributed by atoms with Crippen LogP contribution in [0.4, 0.5) is 5.69 Å². The molecule has 8 nitrogen and oxygen atoms in total. The summed E-state index contributed by atoms with van der Waals surface area (Å²) in [5.74, 6) is -0.623. The number of methoxy groups -OCH3 is 1. The van der Waals surface area contributed by atoms with Crippen molar-refractivity contribution in [2.24, 2.45) is 0 Å². The third kappa shape index (κ3) is 6.61. The van der Waals surface area contributed by atoms with Gasteiger partial charge in [-0.2, -0.15) is 0 Å².